The van der Waals surface area contributed by atoms with Crippen LogP contribution >= 0.6 is 0 Å². The van der Waals surface area contributed by atoms with Crippen molar-refractivity contribution in [3.05, 3.63) is 119 Å². The molecule has 0 unspecified atom stereocenters. The van der Waals surface area contributed by atoms with Crippen molar-refractivity contribution in [3.8, 4) is 22.6 Å². The second kappa shape index (κ2) is 12.2. The van der Waals surface area contributed by atoms with Crippen LogP contribution in [-0.2, 0) is 17.5 Å². The van der Waals surface area contributed by atoms with E-state index in [4.69, 9.17) is 4.74 Å². The van der Waals surface area contributed by atoms with E-state index in [2.05, 4.69) is 4.74 Å². The van der Waals surface area contributed by atoms with Gasteiger partial charge in [0.1, 0.15) is 29.7 Å². The van der Waals surface area contributed by atoms with Crippen LogP contribution in [0.15, 0.2) is 91.0 Å². The molecule has 9 heteroatoms. The van der Waals surface area contributed by atoms with Crippen LogP contribution in [0.25, 0.3) is 27.7 Å². The molecule has 0 saturated carbocycles. The average molecular weight is 568 g/mol. The maximum atomic E-state index is 15.0. The number of benzene rings is 4. The molecule has 0 fully saturated rings. The highest BCUT2D eigenvalue weighted by Crippen LogP contribution is 2.48. The molecule has 212 valence electrons. The smallest absolute Gasteiger partial charge is 0.432 e. The highest BCUT2D eigenvalue weighted by atomic mass is 19.4. The summed E-state index contributed by atoms with van der Waals surface area (Å²) in [6, 6.07) is 21.4. The summed E-state index contributed by atoms with van der Waals surface area (Å²) in [5, 5.41) is 0.0790. The molecule has 4 nitrogen and oxygen atoms in total. The van der Waals surface area contributed by atoms with Crippen molar-refractivity contribution in [3.63, 3.8) is 0 Å². The van der Waals surface area contributed by atoms with Gasteiger partial charge in [0.15, 0.2) is 0 Å². The van der Waals surface area contributed by atoms with E-state index in [-0.39, 0.29) is 40.1 Å². The predicted octanol–water partition coefficient (Wildman–Crippen LogP) is 8.99. The molecule has 0 aliphatic rings. The fraction of sp³-hybridized carbons (Fsp3) is 0.156. The van der Waals surface area contributed by atoms with E-state index in [1.165, 1.54) is 30.3 Å². The number of carbonyl (C=O) groups is 1. The van der Waals surface area contributed by atoms with Crippen molar-refractivity contribution in [1.82, 2.24) is 4.57 Å². The number of hydrogen-bond acceptors (Lipinski definition) is 3. The Morgan fingerprint density at radius 2 is 1.54 bits per heavy atom. The zero-order valence-electron chi connectivity index (χ0n) is 22.4. The minimum absolute atomic E-state index is 0.0480. The third kappa shape index (κ3) is 5.94. The number of rotatable bonds is 6. The molecule has 0 aliphatic carbocycles. The van der Waals surface area contributed by atoms with Crippen molar-refractivity contribution in [1.29, 1.82) is 0 Å². The van der Waals surface area contributed by atoms with E-state index in [9.17, 15) is 26.7 Å². The summed E-state index contributed by atoms with van der Waals surface area (Å²) in [4.78, 5) is 11.9. The molecule has 0 bridgehead atoms. The number of ether oxygens (including phenoxy) is 2. The molecule has 5 rings (SSSR count). The monoisotopic (exact) mass is 567 g/mol. The molecule has 0 amide bonds. The lowest BCUT2D eigenvalue weighted by atomic mass is 9.99. The van der Waals surface area contributed by atoms with Crippen molar-refractivity contribution in [2.24, 2.45) is 0 Å². The third-order valence-corrected chi connectivity index (χ3v) is 6.21. The van der Waals surface area contributed by atoms with E-state index >= 15 is 0 Å². The minimum Gasteiger partial charge on any atom is -0.488 e. The van der Waals surface area contributed by atoms with Gasteiger partial charge in [-0.3, -0.25) is 0 Å². The number of esters is 1. The van der Waals surface area contributed by atoms with Crippen LogP contribution < -0.4 is 4.74 Å². The number of carbonyl (C=O) groups excluding carboxylic acids is 1. The van der Waals surface area contributed by atoms with Crippen LogP contribution in [0.4, 0.5) is 22.0 Å². The standard InChI is InChI=1S/C30H20F5NO3.C2H6/c1-38-29(37)22-15-10-19(16-23(22)32)26-27-24(8-5-9-25(27)39-17-18-6-3-2-4-7-18)36(28(26)30(33,34)35)21-13-11-20(31)12-14-21;1-2/h2-16H,17H2,1H3;1-2H3. The number of methoxy groups -OCH3 is 1. The highest BCUT2D eigenvalue weighted by molar-refractivity contribution is 6.04. The van der Waals surface area contributed by atoms with E-state index < -0.39 is 35.0 Å². The van der Waals surface area contributed by atoms with Crippen molar-refractivity contribution >= 4 is 16.9 Å². The Labute approximate surface area is 233 Å². The van der Waals surface area contributed by atoms with Gasteiger partial charge < -0.3 is 14.0 Å². The maximum absolute atomic E-state index is 15.0. The Bertz CT molecular complexity index is 1660. The minimum atomic E-state index is -4.92. The number of aromatic nitrogens is 1. The molecular formula is C32H26F5NO3. The molecule has 0 saturated heterocycles. The number of halogens is 5. The Hall–Kier alpha value is -4.66. The van der Waals surface area contributed by atoms with Crippen LogP contribution in [0.3, 0.4) is 0 Å². The van der Waals surface area contributed by atoms with Gasteiger partial charge in [0, 0.05) is 11.3 Å². The molecule has 41 heavy (non-hydrogen) atoms. The summed E-state index contributed by atoms with van der Waals surface area (Å²) in [5.74, 6) is -2.49. The number of fused-ring (bicyclic) bond motifs is 1. The Balaban J connectivity index is 0.00000189. The van der Waals surface area contributed by atoms with Gasteiger partial charge in [0.05, 0.1) is 23.6 Å². The number of nitrogens with zero attached hydrogens (tertiary/aromatic N) is 1. The van der Waals surface area contributed by atoms with Gasteiger partial charge in [0.2, 0.25) is 0 Å². The van der Waals surface area contributed by atoms with E-state index in [0.717, 1.165) is 41.5 Å². The lowest BCUT2D eigenvalue weighted by molar-refractivity contribution is -0.141. The fourth-order valence-corrected chi connectivity index (χ4v) is 4.52. The zero-order chi connectivity index (χ0) is 29.7. The van der Waals surface area contributed by atoms with Crippen molar-refractivity contribution in [2.45, 2.75) is 26.6 Å². The molecule has 1 aromatic heterocycles. The molecule has 4 aromatic carbocycles. The molecule has 0 atom stereocenters. The SMILES string of the molecule is CC.COC(=O)c1ccc(-c2c(C(F)(F)F)n(-c3ccc(F)cc3)c3cccc(OCc4ccccc4)c23)cc1F. The van der Waals surface area contributed by atoms with Crippen LogP contribution in [0, 0.1) is 11.6 Å². The normalized spacial score (nSPS) is 11.1. The van der Waals surface area contributed by atoms with Crippen LogP contribution in [0.1, 0.15) is 35.5 Å². The molecule has 1 heterocycles. The van der Waals surface area contributed by atoms with Gasteiger partial charge in [-0.2, -0.15) is 13.2 Å². The van der Waals surface area contributed by atoms with E-state index in [1.54, 1.807) is 6.07 Å². The van der Waals surface area contributed by atoms with Gasteiger partial charge in [-0.05, 0) is 59.7 Å². The molecule has 0 radical (unpaired) electrons. The highest BCUT2D eigenvalue weighted by Gasteiger charge is 2.41. The molecule has 0 aliphatic heterocycles. The first-order valence-electron chi connectivity index (χ1n) is 12.7. The van der Waals surface area contributed by atoms with Gasteiger partial charge in [0.25, 0.3) is 0 Å². The lowest BCUT2D eigenvalue weighted by Crippen LogP contribution is -2.14. The Morgan fingerprint density at radius 3 is 2.15 bits per heavy atom. The van der Waals surface area contributed by atoms with Crippen LogP contribution in [0.5, 0.6) is 5.75 Å². The first kappa shape index (κ1) is 29.3. The summed E-state index contributed by atoms with van der Waals surface area (Å²) < 4.78 is 84.7. The third-order valence-electron chi connectivity index (χ3n) is 6.21. The van der Waals surface area contributed by atoms with Gasteiger partial charge in [-0.25, -0.2) is 13.6 Å². The first-order valence-corrected chi connectivity index (χ1v) is 12.7. The molecule has 0 spiro atoms. The summed E-state index contributed by atoms with van der Waals surface area (Å²) >= 11 is 0. The lowest BCUT2D eigenvalue weighted by Gasteiger charge is -2.15. The van der Waals surface area contributed by atoms with Gasteiger partial charge in [-0.15, -0.1) is 0 Å². The topological polar surface area (TPSA) is 40.5 Å². The summed E-state index contributed by atoms with van der Waals surface area (Å²) in [6.45, 7) is 4.07. The average Bonchev–Trinajstić information content (AvgIpc) is 3.34. The second-order valence-electron chi connectivity index (χ2n) is 8.64. The number of hydrogen-bond donors (Lipinski definition) is 0. The summed E-state index contributed by atoms with van der Waals surface area (Å²) in [5.41, 5.74) is -1.05. The molecule has 5 aromatic rings. The number of alkyl halides is 3. The summed E-state index contributed by atoms with van der Waals surface area (Å²) in [7, 11) is 1.07. The molecular weight excluding hydrogens is 541 g/mol. The Morgan fingerprint density at radius 1 is 0.854 bits per heavy atom. The predicted molar refractivity (Wildman–Crippen MR) is 147 cm³/mol. The van der Waals surface area contributed by atoms with Crippen molar-refractivity contribution < 1.29 is 36.2 Å². The second-order valence-corrected chi connectivity index (χ2v) is 8.64. The quantitative estimate of drug-likeness (QED) is 0.152. The van der Waals surface area contributed by atoms with Gasteiger partial charge >= 0.3 is 12.1 Å². The molecule has 0 N–H and O–H groups in total. The summed E-state index contributed by atoms with van der Waals surface area (Å²) in [6.07, 6.45) is -4.92. The van der Waals surface area contributed by atoms with Gasteiger partial charge in [-0.1, -0.05) is 56.3 Å². The fourth-order valence-electron chi connectivity index (χ4n) is 4.52. The van der Waals surface area contributed by atoms with E-state index in [0.29, 0.717) is 0 Å². The van der Waals surface area contributed by atoms with Crippen LogP contribution in [-0.4, -0.2) is 17.6 Å². The largest absolute Gasteiger partial charge is 0.488 e. The van der Waals surface area contributed by atoms with E-state index in [1.807, 2.05) is 44.2 Å². The zero-order valence-corrected chi connectivity index (χ0v) is 22.4. The van der Waals surface area contributed by atoms with Crippen molar-refractivity contribution in [2.75, 3.05) is 7.11 Å². The van der Waals surface area contributed by atoms with Crippen LogP contribution in [0.2, 0.25) is 0 Å². The Kier molecular flexibility index (Phi) is 8.76. The first-order chi connectivity index (χ1) is 19.7. The maximum Gasteiger partial charge on any atom is 0.432 e.